The minimum absolute atomic E-state index is 0.919. The van der Waals surface area contributed by atoms with Gasteiger partial charge in [0.1, 0.15) is 0 Å². The van der Waals surface area contributed by atoms with E-state index < -0.39 is 0 Å². The normalized spacial score (nSPS) is 15.0. The molecule has 0 saturated carbocycles. The molecule has 0 atom stereocenters. The molecule has 0 spiro atoms. The topological polar surface area (TPSA) is 29.9 Å². The fraction of sp³-hybridized carbons (Fsp3) is 0.375. The fourth-order valence-electron chi connectivity index (χ4n) is 1.39. The van der Waals surface area contributed by atoms with Gasteiger partial charge in [-0.1, -0.05) is 6.58 Å². The van der Waals surface area contributed by atoms with Crippen molar-refractivity contribution in [2.75, 3.05) is 0 Å². The van der Waals surface area contributed by atoms with Crippen molar-refractivity contribution < 1.29 is 0 Å². The second-order valence-corrected chi connectivity index (χ2v) is 2.87. The van der Waals surface area contributed by atoms with Crippen molar-refractivity contribution in [2.24, 2.45) is 0 Å². The van der Waals surface area contributed by atoms with E-state index >= 15 is 0 Å². The Balaban J connectivity index is 2.50. The second kappa shape index (κ2) is 2.20. The highest BCUT2D eigenvalue weighted by atomic mass is 15.3. The highest BCUT2D eigenvalue weighted by Crippen LogP contribution is 2.16. The molecule has 2 heterocycles. The van der Waals surface area contributed by atoms with Crippen LogP contribution in [0.2, 0.25) is 0 Å². The predicted molar refractivity (Wildman–Crippen MR) is 43.8 cm³/mol. The lowest BCUT2D eigenvalue weighted by Crippen LogP contribution is -2.06. The van der Waals surface area contributed by atoms with Crippen LogP contribution in [0.15, 0.2) is 12.8 Å². The van der Waals surface area contributed by atoms with Gasteiger partial charge < -0.3 is 5.32 Å². The summed E-state index contributed by atoms with van der Waals surface area (Å²) in [7, 11) is 0. The molecule has 0 saturated heterocycles. The lowest BCUT2D eigenvalue weighted by atomic mass is 10.3. The van der Waals surface area contributed by atoms with Crippen LogP contribution < -0.4 is 5.32 Å². The molecule has 1 aliphatic rings. The van der Waals surface area contributed by atoms with E-state index in [-0.39, 0.29) is 0 Å². The van der Waals surface area contributed by atoms with Crippen LogP contribution in [0.3, 0.4) is 0 Å². The first-order chi connectivity index (χ1) is 5.29. The molecule has 1 aromatic heterocycles. The van der Waals surface area contributed by atoms with Crippen molar-refractivity contribution in [2.45, 2.75) is 20.0 Å². The molecule has 58 valence electrons. The molecule has 0 aromatic carbocycles. The van der Waals surface area contributed by atoms with E-state index in [1.54, 1.807) is 0 Å². The summed E-state index contributed by atoms with van der Waals surface area (Å²) in [6, 6.07) is 0. The average Bonchev–Trinajstić information content (AvgIpc) is 2.41. The van der Waals surface area contributed by atoms with Gasteiger partial charge in [-0.05, 0) is 6.92 Å². The lowest BCUT2D eigenvalue weighted by molar-refractivity contribution is 0.715. The Hall–Kier alpha value is -1.09. The fourth-order valence-corrected chi connectivity index (χ4v) is 1.39. The van der Waals surface area contributed by atoms with Crippen LogP contribution in [0, 0.1) is 0 Å². The van der Waals surface area contributed by atoms with Gasteiger partial charge in [-0.2, -0.15) is 5.10 Å². The van der Waals surface area contributed by atoms with Gasteiger partial charge in [0.05, 0.1) is 11.9 Å². The summed E-state index contributed by atoms with van der Waals surface area (Å²) in [4.78, 5) is 0. The van der Waals surface area contributed by atoms with Crippen LogP contribution in [0.4, 0.5) is 0 Å². The van der Waals surface area contributed by atoms with E-state index in [4.69, 9.17) is 0 Å². The van der Waals surface area contributed by atoms with Crippen LogP contribution in [0.5, 0.6) is 0 Å². The van der Waals surface area contributed by atoms with Crippen molar-refractivity contribution >= 4 is 5.70 Å². The van der Waals surface area contributed by atoms with Crippen LogP contribution >= 0.6 is 0 Å². The smallest absolute Gasteiger partial charge is 0.0621 e. The number of rotatable bonds is 1. The molecule has 2 rings (SSSR count). The summed E-state index contributed by atoms with van der Waals surface area (Å²) in [6.07, 6.45) is 1.91. The summed E-state index contributed by atoms with van der Waals surface area (Å²) in [5, 5.41) is 7.48. The molecule has 1 aliphatic heterocycles. The average molecular weight is 149 g/mol. The van der Waals surface area contributed by atoms with Crippen molar-refractivity contribution in [3.8, 4) is 0 Å². The molecular weight excluding hydrogens is 138 g/mol. The second-order valence-electron chi connectivity index (χ2n) is 2.87. The third-order valence-corrected chi connectivity index (χ3v) is 1.92. The highest BCUT2D eigenvalue weighted by Gasteiger charge is 2.15. The number of aromatic nitrogens is 2. The molecule has 0 fully saturated rings. The Morgan fingerprint density at radius 1 is 1.73 bits per heavy atom. The Kier molecular flexibility index (Phi) is 1.32. The summed E-state index contributed by atoms with van der Waals surface area (Å²) >= 11 is 0. The van der Waals surface area contributed by atoms with Crippen LogP contribution in [-0.4, -0.2) is 9.78 Å². The third kappa shape index (κ3) is 0.886. The summed E-state index contributed by atoms with van der Waals surface area (Å²) in [5.41, 5.74) is 3.54. The first-order valence-corrected chi connectivity index (χ1v) is 3.71. The predicted octanol–water partition coefficient (Wildman–Crippen LogP) is 0.977. The van der Waals surface area contributed by atoms with Crippen LogP contribution in [0.25, 0.3) is 5.70 Å². The molecule has 1 N–H and O–H groups in total. The van der Waals surface area contributed by atoms with Gasteiger partial charge in [0.2, 0.25) is 0 Å². The van der Waals surface area contributed by atoms with Gasteiger partial charge in [-0.3, -0.25) is 0 Å². The van der Waals surface area contributed by atoms with Gasteiger partial charge in [-0.25, -0.2) is 4.68 Å². The molecular formula is C8H11N3. The molecule has 3 heteroatoms. The van der Waals surface area contributed by atoms with Gasteiger partial charge >= 0.3 is 0 Å². The maximum Gasteiger partial charge on any atom is 0.0621 e. The Labute approximate surface area is 65.7 Å². The summed E-state index contributed by atoms with van der Waals surface area (Å²) in [5.74, 6) is 0. The Morgan fingerprint density at radius 2 is 2.55 bits per heavy atom. The van der Waals surface area contributed by atoms with E-state index in [0.717, 1.165) is 18.8 Å². The number of nitrogens with zero attached hydrogens (tertiary/aromatic N) is 2. The zero-order valence-corrected chi connectivity index (χ0v) is 6.59. The van der Waals surface area contributed by atoms with Crippen molar-refractivity contribution in [3.05, 3.63) is 24.0 Å². The molecule has 0 bridgehead atoms. The van der Waals surface area contributed by atoms with Crippen LogP contribution in [0.1, 0.15) is 18.2 Å². The molecule has 1 aromatic rings. The molecule has 0 unspecified atom stereocenters. The SMILES string of the molecule is C=C(C)n1ncc2c1CNC2. The first kappa shape index (κ1) is 6.61. The minimum Gasteiger partial charge on any atom is -0.307 e. The summed E-state index contributed by atoms with van der Waals surface area (Å²) < 4.78 is 1.90. The number of hydrogen-bond acceptors (Lipinski definition) is 2. The molecule has 3 nitrogen and oxygen atoms in total. The maximum atomic E-state index is 4.21. The molecule has 11 heavy (non-hydrogen) atoms. The van der Waals surface area contributed by atoms with Gasteiger partial charge in [0.25, 0.3) is 0 Å². The van der Waals surface area contributed by atoms with Gasteiger partial charge in [0, 0.05) is 24.4 Å². The van der Waals surface area contributed by atoms with Crippen molar-refractivity contribution in [1.29, 1.82) is 0 Å². The minimum atomic E-state index is 0.919. The molecule has 0 aliphatic carbocycles. The monoisotopic (exact) mass is 149 g/mol. The van der Waals surface area contributed by atoms with Crippen molar-refractivity contribution in [1.82, 2.24) is 15.1 Å². The molecule has 0 amide bonds. The number of hydrogen-bond donors (Lipinski definition) is 1. The molecule has 0 radical (unpaired) electrons. The maximum absolute atomic E-state index is 4.21. The largest absolute Gasteiger partial charge is 0.307 e. The number of allylic oxidation sites excluding steroid dienone is 1. The van der Waals surface area contributed by atoms with Gasteiger partial charge in [-0.15, -0.1) is 0 Å². The van der Waals surface area contributed by atoms with Crippen molar-refractivity contribution in [3.63, 3.8) is 0 Å². The highest BCUT2D eigenvalue weighted by molar-refractivity contribution is 5.41. The lowest BCUT2D eigenvalue weighted by Gasteiger charge is -2.01. The van der Waals surface area contributed by atoms with Crippen LogP contribution in [-0.2, 0) is 13.1 Å². The van der Waals surface area contributed by atoms with E-state index in [0.29, 0.717) is 0 Å². The number of nitrogens with one attached hydrogen (secondary N) is 1. The van der Waals surface area contributed by atoms with E-state index in [2.05, 4.69) is 17.0 Å². The summed E-state index contributed by atoms with van der Waals surface area (Å²) in [6.45, 7) is 7.68. The van der Waals surface area contributed by atoms with Gasteiger partial charge in [0.15, 0.2) is 0 Å². The zero-order chi connectivity index (χ0) is 7.84. The Bertz CT molecular complexity index is 298. The number of fused-ring (bicyclic) bond motifs is 1. The first-order valence-electron chi connectivity index (χ1n) is 3.71. The quantitative estimate of drug-likeness (QED) is 0.645. The van der Waals surface area contributed by atoms with E-state index in [9.17, 15) is 0 Å². The van der Waals surface area contributed by atoms with E-state index in [1.165, 1.54) is 11.3 Å². The third-order valence-electron chi connectivity index (χ3n) is 1.92. The zero-order valence-electron chi connectivity index (χ0n) is 6.59. The van der Waals surface area contributed by atoms with E-state index in [1.807, 2.05) is 17.8 Å². The Morgan fingerprint density at radius 3 is 3.27 bits per heavy atom. The standard InChI is InChI=1S/C8H11N3/c1-6(2)11-8-5-9-3-7(8)4-10-11/h4,9H,1,3,5H2,2H3.